The molecule has 2 aromatic rings. The zero-order chi connectivity index (χ0) is 19.6. The van der Waals surface area contributed by atoms with Crippen LogP contribution >= 0.6 is 0 Å². The highest BCUT2D eigenvalue weighted by Crippen LogP contribution is 2.17. The number of hydrogen-bond donors (Lipinski definition) is 1. The number of rotatable bonds is 8. The Morgan fingerprint density at radius 1 is 1.04 bits per heavy atom. The van der Waals surface area contributed by atoms with Crippen molar-refractivity contribution in [3.8, 4) is 0 Å². The van der Waals surface area contributed by atoms with Crippen LogP contribution in [0.25, 0.3) is 0 Å². The lowest BCUT2D eigenvalue weighted by molar-refractivity contribution is -0.123. The molecular weight excluding hydrogens is 344 g/mol. The molecule has 27 heavy (non-hydrogen) atoms. The molecule has 6 nitrogen and oxygen atoms in total. The van der Waals surface area contributed by atoms with E-state index in [1.165, 1.54) is 30.6 Å². The molecule has 0 atom stereocenters. The zero-order valence-electron chi connectivity index (χ0n) is 15.6. The van der Waals surface area contributed by atoms with Gasteiger partial charge in [0.25, 0.3) is 0 Å². The summed E-state index contributed by atoms with van der Waals surface area (Å²) in [6.45, 7) is 1.81. The Balaban J connectivity index is 1.90. The molecule has 0 radical (unpaired) electrons. The lowest BCUT2D eigenvalue weighted by Gasteiger charge is -2.21. The molecule has 0 aliphatic heterocycles. The van der Waals surface area contributed by atoms with Gasteiger partial charge >= 0.3 is 5.97 Å². The highest BCUT2D eigenvalue weighted by Gasteiger charge is 2.17. The summed E-state index contributed by atoms with van der Waals surface area (Å²) in [6, 6.07) is 16.5. The van der Waals surface area contributed by atoms with Crippen molar-refractivity contribution in [2.24, 2.45) is 0 Å². The molecule has 2 rings (SSSR count). The normalized spacial score (nSPS) is 10.1. The van der Waals surface area contributed by atoms with E-state index in [9.17, 15) is 14.4 Å². The average Bonchev–Trinajstić information content (AvgIpc) is 2.69. The van der Waals surface area contributed by atoms with Crippen LogP contribution in [-0.4, -0.2) is 38.0 Å². The van der Waals surface area contributed by atoms with Crippen molar-refractivity contribution in [2.75, 3.05) is 25.1 Å². The van der Waals surface area contributed by atoms with Gasteiger partial charge in [-0.25, -0.2) is 4.79 Å². The number of amides is 2. The Labute approximate surface area is 159 Å². The van der Waals surface area contributed by atoms with Crippen LogP contribution in [0.4, 0.5) is 5.69 Å². The van der Waals surface area contributed by atoms with E-state index < -0.39 is 5.97 Å². The zero-order valence-corrected chi connectivity index (χ0v) is 15.6. The number of nitrogens with zero attached hydrogens (tertiary/aromatic N) is 1. The van der Waals surface area contributed by atoms with Crippen LogP contribution in [-0.2, 0) is 20.7 Å². The van der Waals surface area contributed by atoms with Crippen molar-refractivity contribution in [2.45, 2.75) is 19.8 Å². The Hall–Kier alpha value is -3.15. The Morgan fingerprint density at radius 2 is 1.78 bits per heavy atom. The quantitative estimate of drug-likeness (QED) is 0.574. The van der Waals surface area contributed by atoms with Crippen LogP contribution < -0.4 is 10.2 Å². The molecule has 0 aromatic heterocycles. The topological polar surface area (TPSA) is 75.7 Å². The predicted octanol–water partition coefficient (Wildman–Crippen LogP) is 2.58. The molecule has 0 saturated carbocycles. The van der Waals surface area contributed by atoms with Crippen LogP contribution in [0.5, 0.6) is 0 Å². The molecule has 142 valence electrons. The molecule has 2 aromatic carbocycles. The summed E-state index contributed by atoms with van der Waals surface area (Å²) in [5.74, 6) is -1.02. The Morgan fingerprint density at radius 3 is 2.44 bits per heavy atom. The van der Waals surface area contributed by atoms with E-state index >= 15 is 0 Å². The van der Waals surface area contributed by atoms with E-state index in [2.05, 4.69) is 5.32 Å². The molecule has 6 heteroatoms. The van der Waals surface area contributed by atoms with E-state index in [0.29, 0.717) is 17.8 Å². The van der Waals surface area contributed by atoms with Gasteiger partial charge in [-0.05, 0) is 36.6 Å². The van der Waals surface area contributed by atoms with Crippen molar-refractivity contribution in [1.29, 1.82) is 0 Å². The minimum absolute atomic E-state index is 0.106. The van der Waals surface area contributed by atoms with E-state index in [1.807, 2.05) is 30.3 Å². The van der Waals surface area contributed by atoms with Crippen molar-refractivity contribution in [1.82, 2.24) is 5.32 Å². The maximum atomic E-state index is 12.2. The summed E-state index contributed by atoms with van der Waals surface area (Å²) in [7, 11) is 1.29. The first-order valence-corrected chi connectivity index (χ1v) is 8.78. The molecule has 0 spiro atoms. The number of nitrogens with one attached hydrogen (secondary N) is 1. The summed E-state index contributed by atoms with van der Waals surface area (Å²) in [6.07, 6.45) is 1.69. The minimum atomic E-state index is -0.495. The van der Waals surface area contributed by atoms with Gasteiger partial charge in [0.05, 0.1) is 12.7 Å². The second-order valence-electron chi connectivity index (χ2n) is 6.09. The highest BCUT2D eigenvalue weighted by atomic mass is 16.5. The summed E-state index contributed by atoms with van der Waals surface area (Å²) in [5, 5.41) is 2.83. The van der Waals surface area contributed by atoms with Crippen molar-refractivity contribution < 1.29 is 19.1 Å². The van der Waals surface area contributed by atoms with Gasteiger partial charge in [0.1, 0.15) is 6.54 Å². The van der Waals surface area contributed by atoms with Crippen LogP contribution in [0.2, 0.25) is 0 Å². The average molecular weight is 368 g/mol. The van der Waals surface area contributed by atoms with Crippen molar-refractivity contribution >= 4 is 23.5 Å². The fraction of sp³-hybridized carbons (Fsp3) is 0.286. The maximum absolute atomic E-state index is 12.2. The van der Waals surface area contributed by atoms with Crippen LogP contribution in [0, 0.1) is 0 Å². The Bertz CT molecular complexity index is 790. The molecule has 0 saturated heterocycles. The largest absolute Gasteiger partial charge is 0.465 e. The summed E-state index contributed by atoms with van der Waals surface area (Å²) in [4.78, 5) is 37.2. The fourth-order valence-corrected chi connectivity index (χ4v) is 2.67. The van der Waals surface area contributed by atoms with Gasteiger partial charge < -0.3 is 15.0 Å². The van der Waals surface area contributed by atoms with Crippen molar-refractivity contribution in [3.05, 3.63) is 65.7 Å². The predicted molar refractivity (Wildman–Crippen MR) is 104 cm³/mol. The first kappa shape index (κ1) is 20.2. The lowest BCUT2D eigenvalue weighted by Crippen LogP contribution is -2.40. The SMILES string of the molecule is COC(=O)c1cccc(N(CC(=O)NCCCc2ccccc2)C(C)=O)c1. The molecule has 0 unspecified atom stereocenters. The van der Waals surface area contributed by atoms with E-state index in [-0.39, 0.29) is 18.4 Å². The third-order valence-electron chi connectivity index (χ3n) is 4.07. The number of hydrogen-bond acceptors (Lipinski definition) is 4. The van der Waals surface area contributed by atoms with Gasteiger partial charge in [0, 0.05) is 19.2 Å². The number of carbonyl (C=O) groups is 3. The maximum Gasteiger partial charge on any atom is 0.337 e. The summed E-state index contributed by atoms with van der Waals surface area (Å²) in [5.41, 5.74) is 2.02. The van der Waals surface area contributed by atoms with Crippen LogP contribution in [0.3, 0.4) is 0 Å². The smallest absolute Gasteiger partial charge is 0.337 e. The first-order valence-electron chi connectivity index (χ1n) is 8.78. The molecular formula is C21H24N2O4. The number of methoxy groups -OCH3 is 1. The van der Waals surface area contributed by atoms with Gasteiger partial charge in [-0.3, -0.25) is 9.59 Å². The van der Waals surface area contributed by atoms with Gasteiger partial charge in [0.15, 0.2) is 0 Å². The fourth-order valence-electron chi connectivity index (χ4n) is 2.67. The van der Waals surface area contributed by atoms with Crippen LogP contribution in [0.15, 0.2) is 54.6 Å². The number of aryl methyl sites for hydroxylation is 1. The van der Waals surface area contributed by atoms with E-state index in [1.54, 1.807) is 18.2 Å². The minimum Gasteiger partial charge on any atom is -0.465 e. The number of carbonyl (C=O) groups excluding carboxylic acids is 3. The lowest BCUT2D eigenvalue weighted by atomic mass is 10.1. The third-order valence-corrected chi connectivity index (χ3v) is 4.07. The number of benzene rings is 2. The molecule has 0 heterocycles. The molecule has 0 bridgehead atoms. The monoisotopic (exact) mass is 368 g/mol. The Kier molecular flexibility index (Phi) is 7.55. The second kappa shape index (κ2) is 10.1. The van der Waals surface area contributed by atoms with E-state index in [4.69, 9.17) is 4.74 Å². The number of esters is 1. The molecule has 0 aliphatic carbocycles. The first-order chi connectivity index (χ1) is 13.0. The molecule has 0 fully saturated rings. The van der Waals surface area contributed by atoms with E-state index in [0.717, 1.165) is 12.8 Å². The number of anilines is 1. The van der Waals surface area contributed by atoms with Gasteiger partial charge in [-0.2, -0.15) is 0 Å². The molecule has 0 aliphatic rings. The second-order valence-corrected chi connectivity index (χ2v) is 6.09. The highest BCUT2D eigenvalue weighted by molar-refractivity contribution is 5.99. The number of ether oxygens (including phenoxy) is 1. The van der Waals surface area contributed by atoms with Crippen molar-refractivity contribution in [3.63, 3.8) is 0 Å². The summed E-state index contributed by atoms with van der Waals surface area (Å²) >= 11 is 0. The van der Waals surface area contributed by atoms with Crippen LogP contribution in [0.1, 0.15) is 29.3 Å². The van der Waals surface area contributed by atoms with Gasteiger partial charge in [-0.1, -0.05) is 36.4 Å². The third kappa shape index (κ3) is 6.26. The molecule has 1 N–H and O–H groups in total. The molecule has 2 amide bonds. The van der Waals surface area contributed by atoms with Gasteiger partial charge in [0.2, 0.25) is 11.8 Å². The summed E-state index contributed by atoms with van der Waals surface area (Å²) < 4.78 is 4.69. The standard InChI is InChI=1S/C21H24N2O4/c1-16(24)23(19-12-6-11-18(14-19)21(26)27-2)15-20(25)22-13-7-10-17-8-4-3-5-9-17/h3-6,8-9,11-12,14H,7,10,13,15H2,1-2H3,(H,22,25). The van der Waals surface area contributed by atoms with Gasteiger partial charge in [-0.15, -0.1) is 0 Å².